The normalized spacial score (nSPS) is 14.9. The number of para-hydroxylation sites is 1. The maximum atomic E-state index is 11.7. The third kappa shape index (κ3) is 1.46. The van der Waals surface area contributed by atoms with Gasteiger partial charge >= 0.3 is 0 Å². The Labute approximate surface area is 97.5 Å². The van der Waals surface area contributed by atoms with Gasteiger partial charge in [0.1, 0.15) is 0 Å². The number of nitrogens with zero attached hydrogens (tertiary/aromatic N) is 2. The van der Waals surface area contributed by atoms with Crippen LogP contribution in [0.4, 0.5) is 0 Å². The van der Waals surface area contributed by atoms with E-state index < -0.39 is 0 Å². The highest BCUT2D eigenvalue weighted by molar-refractivity contribution is 7.99. The summed E-state index contributed by atoms with van der Waals surface area (Å²) in [5.41, 5.74) is 2.81. The molecule has 1 aromatic heterocycles. The topological polar surface area (TPSA) is 34.9 Å². The average molecular weight is 230 g/mol. The van der Waals surface area contributed by atoms with Gasteiger partial charge in [-0.2, -0.15) is 5.10 Å². The van der Waals surface area contributed by atoms with Gasteiger partial charge in [-0.1, -0.05) is 18.2 Å². The number of hydrogen-bond acceptors (Lipinski definition) is 3. The van der Waals surface area contributed by atoms with Crippen molar-refractivity contribution in [2.24, 2.45) is 0 Å². The second-order valence-corrected chi connectivity index (χ2v) is 4.65. The van der Waals surface area contributed by atoms with Crippen LogP contribution in [0.25, 0.3) is 5.69 Å². The third-order valence-electron chi connectivity index (χ3n) is 2.64. The number of ketones is 1. The summed E-state index contributed by atoms with van der Waals surface area (Å²) in [5, 5.41) is 4.30. The van der Waals surface area contributed by atoms with E-state index in [0.717, 1.165) is 22.7 Å². The molecule has 0 unspecified atom stereocenters. The number of aromatic nitrogens is 2. The monoisotopic (exact) mass is 230 g/mol. The first-order valence-corrected chi connectivity index (χ1v) is 6.25. The molecule has 4 heteroatoms. The lowest BCUT2D eigenvalue weighted by molar-refractivity contribution is 0.102. The van der Waals surface area contributed by atoms with Gasteiger partial charge in [-0.25, -0.2) is 4.68 Å². The minimum Gasteiger partial charge on any atom is -0.293 e. The molecule has 1 aliphatic heterocycles. The second kappa shape index (κ2) is 3.79. The second-order valence-electron chi connectivity index (χ2n) is 3.67. The Kier molecular flexibility index (Phi) is 2.29. The molecule has 3 rings (SSSR count). The van der Waals surface area contributed by atoms with Crippen LogP contribution in [0.1, 0.15) is 16.1 Å². The smallest absolute Gasteiger partial charge is 0.176 e. The predicted octanol–water partition coefficient (Wildman–Crippen LogP) is 2.30. The molecular formula is C12H10N2OS. The van der Waals surface area contributed by atoms with E-state index in [0.29, 0.717) is 5.75 Å². The van der Waals surface area contributed by atoms with E-state index in [-0.39, 0.29) is 5.78 Å². The minimum absolute atomic E-state index is 0.188. The summed E-state index contributed by atoms with van der Waals surface area (Å²) in [7, 11) is 0. The van der Waals surface area contributed by atoms with Crippen LogP contribution in [0.15, 0.2) is 36.5 Å². The molecule has 1 aromatic carbocycles. The number of fused-ring (bicyclic) bond motifs is 1. The Morgan fingerprint density at radius 2 is 2.00 bits per heavy atom. The standard InChI is InChI=1S/C12H10N2OS/c15-12-8-16-7-11-10(12)6-13-14(11)9-4-2-1-3-5-9/h1-6H,7-8H2. The molecule has 0 atom stereocenters. The van der Waals surface area contributed by atoms with Gasteiger partial charge in [0.2, 0.25) is 0 Å². The lowest BCUT2D eigenvalue weighted by Gasteiger charge is -2.12. The van der Waals surface area contributed by atoms with Gasteiger partial charge < -0.3 is 0 Å². The molecular weight excluding hydrogens is 220 g/mol. The Bertz CT molecular complexity index is 533. The van der Waals surface area contributed by atoms with Crippen molar-refractivity contribution in [2.75, 3.05) is 5.75 Å². The number of benzene rings is 1. The highest BCUT2D eigenvalue weighted by Gasteiger charge is 2.22. The van der Waals surface area contributed by atoms with Crippen LogP contribution in [-0.2, 0) is 5.75 Å². The van der Waals surface area contributed by atoms with Crippen LogP contribution < -0.4 is 0 Å². The van der Waals surface area contributed by atoms with Gasteiger partial charge in [-0.3, -0.25) is 4.79 Å². The molecule has 0 saturated heterocycles. The van der Waals surface area contributed by atoms with Crippen LogP contribution in [0, 0.1) is 0 Å². The number of hydrogen-bond donors (Lipinski definition) is 0. The number of carbonyl (C=O) groups is 1. The van der Waals surface area contributed by atoms with E-state index in [1.54, 1.807) is 18.0 Å². The van der Waals surface area contributed by atoms with Crippen molar-refractivity contribution in [1.29, 1.82) is 0 Å². The molecule has 1 aliphatic rings. The molecule has 80 valence electrons. The summed E-state index contributed by atoms with van der Waals surface area (Å²) < 4.78 is 1.86. The van der Waals surface area contributed by atoms with Crippen molar-refractivity contribution in [3.63, 3.8) is 0 Å². The van der Waals surface area contributed by atoms with E-state index >= 15 is 0 Å². The van der Waals surface area contributed by atoms with E-state index in [1.165, 1.54) is 0 Å². The third-order valence-corrected chi connectivity index (χ3v) is 3.59. The Balaban J connectivity index is 2.13. The molecule has 2 aromatic rings. The highest BCUT2D eigenvalue weighted by Crippen LogP contribution is 2.26. The largest absolute Gasteiger partial charge is 0.293 e. The van der Waals surface area contributed by atoms with Crippen molar-refractivity contribution < 1.29 is 4.79 Å². The van der Waals surface area contributed by atoms with Crippen molar-refractivity contribution in [3.05, 3.63) is 47.8 Å². The molecule has 0 fully saturated rings. The van der Waals surface area contributed by atoms with Crippen LogP contribution in [0.2, 0.25) is 0 Å². The molecule has 0 aliphatic carbocycles. The Hall–Kier alpha value is -1.55. The zero-order chi connectivity index (χ0) is 11.0. The van der Waals surface area contributed by atoms with E-state index in [2.05, 4.69) is 5.10 Å². The van der Waals surface area contributed by atoms with Gasteiger partial charge in [-0.15, -0.1) is 11.8 Å². The zero-order valence-corrected chi connectivity index (χ0v) is 9.41. The SMILES string of the molecule is O=C1CSCc2c1cnn2-c1ccccc1. The molecule has 3 nitrogen and oxygen atoms in total. The van der Waals surface area contributed by atoms with Crippen LogP contribution in [0.5, 0.6) is 0 Å². The van der Waals surface area contributed by atoms with Crippen LogP contribution >= 0.6 is 11.8 Å². The molecule has 2 heterocycles. The number of carbonyl (C=O) groups excluding carboxylic acids is 1. The van der Waals surface area contributed by atoms with Crippen molar-refractivity contribution in [1.82, 2.24) is 9.78 Å². The van der Waals surface area contributed by atoms with Gasteiger partial charge in [0.05, 0.1) is 28.9 Å². The maximum absolute atomic E-state index is 11.7. The van der Waals surface area contributed by atoms with E-state index in [4.69, 9.17) is 0 Å². The fraction of sp³-hybridized carbons (Fsp3) is 0.167. The molecule has 16 heavy (non-hydrogen) atoms. The Morgan fingerprint density at radius 1 is 1.19 bits per heavy atom. The summed E-state index contributed by atoms with van der Waals surface area (Å²) in [6, 6.07) is 9.91. The first-order valence-electron chi connectivity index (χ1n) is 5.09. The summed E-state index contributed by atoms with van der Waals surface area (Å²) in [5.74, 6) is 1.62. The number of Topliss-reactive ketones (excluding diaryl/α,β-unsaturated/α-hetero) is 1. The van der Waals surface area contributed by atoms with Crippen molar-refractivity contribution in [3.8, 4) is 5.69 Å². The lowest BCUT2D eigenvalue weighted by Crippen LogP contribution is -2.13. The molecule has 0 N–H and O–H groups in total. The minimum atomic E-state index is 0.188. The van der Waals surface area contributed by atoms with Crippen LogP contribution in [0.3, 0.4) is 0 Å². The van der Waals surface area contributed by atoms with Gasteiger partial charge in [-0.05, 0) is 12.1 Å². The fourth-order valence-electron chi connectivity index (χ4n) is 1.86. The quantitative estimate of drug-likeness (QED) is 0.754. The first-order chi connectivity index (χ1) is 7.86. The summed E-state index contributed by atoms with van der Waals surface area (Å²) in [4.78, 5) is 11.7. The van der Waals surface area contributed by atoms with Crippen molar-refractivity contribution in [2.45, 2.75) is 5.75 Å². The predicted molar refractivity (Wildman–Crippen MR) is 64.1 cm³/mol. The molecule has 0 bridgehead atoms. The number of rotatable bonds is 1. The molecule has 0 saturated carbocycles. The lowest BCUT2D eigenvalue weighted by atomic mass is 10.2. The number of thioether (sulfide) groups is 1. The Morgan fingerprint density at radius 3 is 2.81 bits per heavy atom. The molecule has 0 spiro atoms. The van der Waals surface area contributed by atoms with Crippen molar-refractivity contribution >= 4 is 17.5 Å². The van der Waals surface area contributed by atoms with Gasteiger partial charge in [0, 0.05) is 5.75 Å². The van der Waals surface area contributed by atoms with Gasteiger partial charge in [0.25, 0.3) is 0 Å². The molecule has 0 radical (unpaired) electrons. The fourth-order valence-corrected chi connectivity index (χ4v) is 2.77. The molecule has 0 amide bonds. The first kappa shape index (κ1) is 9.66. The summed E-state index contributed by atoms with van der Waals surface area (Å²) in [6.07, 6.45) is 1.68. The van der Waals surface area contributed by atoms with E-state index in [9.17, 15) is 4.79 Å². The summed E-state index contributed by atoms with van der Waals surface area (Å²) >= 11 is 1.65. The van der Waals surface area contributed by atoms with Gasteiger partial charge in [0.15, 0.2) is 5.78 Å². The maximum Gasteiger partial charge on any atom is 0.176 e. The average Bonchev–Trinajstić information content (AvgIpc) is 2.75. The van der Waals surface area contributed by atoms with E-state index in [1.807, 2.05) is 35.0 Å². The summed E-state index contributed by atoms with van der Waals surface area (Å²) in [6.45, 7) is 0. The van der Waals surface area contributed by atoms with Crippen LogP contribution in [-0.4, -0.2) is 21.3 Å². The highest BCUT2D eigenvalue weighted by atomic mass is 32.2. The zero-order valence-electron chi connectivity index (χ0n) is 8.59.